The molecule has 1 aliphatic rings. The van der Waals surface area contributed by atoms with Crippen LogP contribution in [0.2, 0.25) is 4.34 Å². The minimum Gasteiger partial charge on any atom is -0.386 e. The van der Waals surface area contributed by atoms with Gasteiger partial charge in [0.15, 0.2) is 5.96 Å². The number of nitrogens with one attached hydrogen (secondary N) is 1. The Bertz CT molecular complexity index is 441. The van der Waals surface area contributed by atoms with Gasteiger partial charge in [0, 0.05) is 10.9 Å². The van der Waals surface area contributed by atoms with Gasteiger partial charge >= 0.3 is 0 Å². The highest BCUT2D eigenvalue weighted by atomic mass is 35.5. The van der Waals surface area contributed by atoms with E-state index in [1.165, 1.54) is 37.0 Å². The van der Waals surface area contributed by atoms with Crippen LogP contribution in [-0.2, 0) is 0 Å². The number of aliphatic imine (C=N–C) groups is 1. The molecule has 20 heavy (non-hydrogen) atoms. The largest absolute Gasteiger partial charge is 0.386 e. The SMILES string of the molecule is NC(=NCC(O)c1ccc(Cl)s1)NC1CCCCCC1. The van der Waals surface area contributed by atoms with Crippen LogP contribution in [0.1, 0.15) is 49.5 Å². The van der Waals surface area contributed by atoms with E-state index in [0.717, 1.165) is 17.7 Å². The minimum absolute atomic E-state index is 0.266. The zero-order chi connectivity index (χ0) is 14.4. The molecule has 1 aromatic rings. The van der Waals surface area contributed by atoms with Crippen molar-refractivity contribution in [2.24, 2.45) is 10.7 Å². The summed E-state index contributed by atoms with van der Waals surface area (Å²) in [7, 11) is 0. The van der Waals surface area contributed by atoms with Gasteiger partial charge in [-0.3, -0.25) is 4.99 Å². The lowest BCUT2D eigenvalue weighted by Crippen LogP contribution is -2.40. The monoisotopic (exact) mass is 315 g/mol. The second kappa shape index (κ2) is 7.86. The molecule has 6 heteroatoms. The molecule has 1 unspecified atom stereocenters. The second-order valence-corrected chi connectivity index (χ2v) is 6.96. The number of rotatable bonds is 4. The van der Waals surface area contributed by atoms with Gasteiger partial charge in [0.1, 0.15) is 6.10 Å². The molecular formula is C14H22ClN3OS. The predicted octanol–water partition coefficient (Wildman–Crippen LogP) is 3.06. The highest BCUT2D eigenvalue weighted by molar-refractivity contribution is 7.16. The van der Waals surface area contributed by atoms with Crippen LogP contribution in [0.3, 0.4) is 0 Å². The van der Waals surface area contributed by atoms with E-state index in [-0.39, 0.29) is 6.54 Å². The van der Waals surface area contributed by atoms with Gasteiger partial charge in [-0.1, -0.05) is 37.3 Å². The number of hydrogen-bond acceptors (Lipinski definition) is 3. The van der Waals surface area contributed by atoms with Gasteiger partial charge in [-0.2, -0.15) is 0 Å². The molecule has 1 aromatic heterocycles. The number of halogens is 1. The first-order valence-electron chi connectivity index (χ1n) is 7.15. The summed E-state index contributed by atoms with van der Waals surface area (Å²) < 4.78 is 0.674. The Kier molecular flexibility index (Phi) is 6.13. The van der Waals surface area contributed by atoms with Crippen molar-refractivity contribution < 1.29 is 5.11 Å². The maximum Gasteiger partial charge on any atom is 0.188 e. The molecule has 0 amide bonds. The summed E-state index contributed by atoms with van der Waals surface area (Å²) in [5, 5.41) is 13.3. The molecule has 0 aromatic carbocycles. The fraction of sp³-hybridized carbons (Fsp3) is 0.643. The lowest BCUT2D eigenvalue weighted by atomic mass is 10.1. The summed E-state index contributed by atoms with van der Waals surface area (Å²) in [5.41, 5.74) is 5.89. The van der Waals surface area contributed by atoms with Crippen LogP contribution in [-0.4, -0.2) is 23.7 Å². The number of aliphatic hydroxyl groups is 1. The first-order valence-corrected chi connectivity index (χ1v) is 8.34. The number of guanidine groups is 1. The molecule has 1 saturated carbocycles. The third kappa shape index (κ3) is 4.96. The van der Waals surface area contributed by atoms with Gasteiger partial charge in [-0.25, -0.2) is 0 Å². The molecule has 0 bridgehead atoms. The third-order valence-electron chi connectivity index (χ3n) is 3.56. The maximum absolute atomic E-state index is 9.99. The van der Waals surface area contributed by atoms with Crippen molar-refractivity contribution in [2.75, 3.05) is 6.54 Å². The highest BCUT2D eigenvalue weighted by Gasteiger charge is 2.13. The average molecular weight is 316 g/mol. The standard InChI is InChI=1S/C14H22ClN3OS/c15-13-8-7-12(20-13)11(19)9-17-14(16)18-10-5-3-1-2-4-6-10/h7-8,10-11,19H,1-6,9H2,(H3,16,17,18). The van der Waals surface area contributed by atoms with Crippen LogP contribution >= 0.6 is 22.9 Å². The van der Waals surface area contributed by atoms with Crippen molar-refractivity contribution in [1.82, 2.24) is 5.32 Å². The van der Waals surface area contributed by atoms with Gasteiger partial charge in [-0.05, 0) is 25.0 Å². The van der Waals surface area contributed by atoms with Gasteiger partial charge in [0.2, 0.25) is 0 Å². The summed E-state index contributed by atoms with van der Waals surface area (Å²) in [6.45, 7) is 0.266. The number of aliphatic hydroxyl groups excluding tert-OH is 1. The molecule has 0 radical (unpaired) electrons. The quantitative estimate of drug-likeness (QED) is 0.454. The number of nitrogens with two attached hydrogens (primary N) is 1. The third-order valence-corrected chi connectivity index (χ3v) is 4.90. The zero-order valence-electron chi connectivity index (χ0n) is 11.5. The van der Waals surface area contributed by atoms with Crippen LogP contribution in [0.25, 0.3) is 0 Å². The van der Waals surface area contributed by atoms with Crippen LogP contribution in [0.5, 0.6) is 0 Å². The van der Waals surface area contributed by atoms with Crippen molar-refractivity contribution in [3.05, 3.63) is 21.3 Å². The van der Waals surface area contributed by atoms with Crippen molar-refractivity contribution in [3.8, 4) is 0 Å². The van der Waals surface area contributed by atoms with E-state index in [2.05, 4.69) is 10.3 Å². The molecule has 4 nitrogen and oxygen atoms in total. The molecule has 4 N–H and O–H groups in total. The number of thiophene rings is 1. The lowest BCUT2D eigenvalue weighted by molar-refractivity contribution is 0.191. The van der Waals surface area contributed by atoms with E-state index < -0.39 is 6.10 Å². The van der Waals surface area contributed by atoms with Gasteiger partial charge < -0.3 is 16.2 Å². The summed E-state index contributed by atoms with van der Waals surface area (Å²) in [6.07, 6.45) is 6.79. The molecule has 0 aliphatic heterocycles. The van der Waals surface area contributed by atoms with E-state index in [4.69, 9.17) is 17.3 Å². The Labute approximate surface area is 129 Å². The van der Waals surface area contributed by atoms with Crippen LogP contribution in [0.15, 0.2) is 17.1 Å². The first-order chi connectivity index (χ1) is 9.65. The summed E-state index contributed by atoms with van der Waals surface area (Å²) in [5.74, 6) is 0.429. The molecule has 1 heterocycles. The minimum atomic E-state index is -0.637. The van der Waals surface area contributed by atoms with E-state index in [1.807, 2.05) is 6.07 Å². The normalized spacial score (nSPS) is 19.6. The first kappa shape index (κ1) is 15.6. The number of nitrogens with zero attached hydrogens (tertiary/aromatic N) is 1. The molecule has 1 aliphatic carbocycles. The molecule has 1 atom stereocenters. The van der Waals surface area contributed by atoms with Gasteiger partial charge in [0.25, 0.3) is 0 Å². The van der Waals surface area contributed by atoms with E-state index >= 15 is 0 Å². The fourth-order valence-electron chi connectivity index (χ4n) is 2.46. The Morgan fingerprint density at radius 1 is 1.40 bits per heavy atom. The smallest absolute Gasteiger partial charge is 0.188 e. The highest BCUT2D eigenvalue weighted by Crippen LogP contribution is 2.26. The molecular weight excluding hydrogens is 294 g/mol. The molecule has 1 fully saturated rings. The molecule has 2 rings (SSSR count). The maximum atomic E-state index is 9.99. The average Bonchev–Trinajstić information content (AvgIpc) is 2.70. The number of hydrogen-bond donors (Lipinski definition) is 3. The van der Waals surface area contributed by atoms with Gasteiger partial charge in [0.05, 0.1) is 10.9 Å². The van der Waals surface area contributed by atoms with Crippen molar-refractivity contribution in [3.63, 3.8) is 0 Å². The Balaban J connectivity index is 1.80. The van der Waals surface area contributed by atoms with Crippen LogP contribution < -0.4 is 11.1 Å². The van der Waals surface area contributed by atoms with E-state index in [0.29, 0.717) is 16.3 Å². The van der Waals surface area contributed by atoms with Crippen LogP contribution in [0, 0.1) is 0 Å². The summed E-state index contributed by atoms with van der Waals surface area (Å²) >= 11 is 7.22. The van der Waals surface area contributed by atoms with E-state index in [9.17, 15) is 5.11 Å². The fourth-order valence-corrected chi connectivity index (χ4v) is 3.50. The molecule has 0 saturated heterocycles. The van der Waals surface area contributed by atoms with E-state index in [1.54, 1.807) is 6.07 Å². The Morgan fingerprint density at radius 2 is 2.10 bits per heavy atom. The molecule has 112 valence electrons. The topological polar surface area (TPSA) is 70.6 Å². The lowest BCUT2D eigenvalue weighted by Gasteiger charge is -2.17. The van der Waals surface area contributed by atoms with Crippen molar-refractivity contribution in [1.29, 1.82) is 0 Å². The van der Waals surface area contributed by atoms with Crippen LogP contribution in [0.4, 0.5) is 0 Å². The predicted molar refractivity (Wildman–Crippen MR) is 85.4 cm³/mol. The Morgan fingerprint density at radius 3 is 2.70 bits per heavy atom. The zero-order valence-corrected chi connectivity index (χ0v) is 13.1. The van der Waals surface area contributed by atoms with Crippen molar-refractivity contribution in [2.45, 2.75) is 50.7 Å². The second-order valence-electron chi connectivity index (χ2n) is 5.22. The van der Waals surface area contributed by atoms with Gasteiger partial charge in [-0.15, -0.1) is 11.3 Å². The molecule has 0 spiro atoms. The summed E-state index contributed by atoms with van der Waals surface area (Å²) in [6, 6.07) is 4.03. The summed E-state index contributed by atoms with van der Waals surface area (Å²) in [4.78, 5) is 5.05. The Hall–Kier alpha value is -0.780. The van der Waals surface area contributed by atoms with Crippen molar-refractivity contribution >= 4 is 28.9 Å².